The largest absolute Gasteiger partial charge is 0.418 e. The summed E-state index contributed by atoms with van der Waals surface area (Å²) in [4.78, 5) is 26.5. The SMILES string of the molecule is O=C(Nc1ccccc1N1CCOCC1)C(=O)Nc1ccc(Cl)cc1C(F)(F)F. The van der Waals surface area contributed by atoms with Crippen LogP contribution in [0.15, 0.2) is 42.5 Å². The smallest absolute Gasteiger partial charge is 0.378 e. The van der Waals surface area contributed by atoms with Crippen molar-refractivity contribution in [3.63, 3.8) is 0 Å². The Balaban J connectivity index is 1.75. The predicted molar refractivity (Wildman–Crippen MR) is 103 cm³/mol. The first-order valence-corrected chi connectivity index (χ1v) is 9.04. The normalized spacial score (nSPS) is 14.4. The van der Waals surface area contributed by atoms with Crippen LogP contribution in [0.4, 0.5) is 30.2 Å². The standard InChI is InChI=1S/C19H17ClF3N3O3/c20-12-5-6-14(13(11-12)19(21,22)23)24-17(27)18(28)25-15-3-1-2-4-16(15)26-7-9-29-10-8-26/h1-6,11H,7-10H2,(H,24,27)(H,25,28). The van der Waals surface area contributed by atoms with Crippen molar-refractivity contribution in [2.45, 2.75) is 6.18 Å². The van der Waals surface area contributed by atoms with Crippen molar-refractivity contribution in [2.75, 3.05) is 41.8 Å². The minimum Gasteiger partial charge on any atom is -0.378 e. The summed E-state index contributed by atoms with van der Waals surface area (Å²) in [6.45, 7) is 2.27. The first kappa shape index (κ1) is 20.9. The Hall–Kier alpha value is -2.78. The summed E-state index contributed by atoms with van der Waals surface area (Å²) >= 11 is 5.61. The number of anilines is 3. The number of ether oxygens (including phenoxy) is 1. The Bertz CT molecular complexity index is 915. The van der Waals surface area contributed by atoms with E-state index in [0.717, 1.165) is 6.07 Å². The Morgan fingerprint density at radius 2 is 1.59 bits per heavy atom. The van der Waals surface area contributed by atoms with E-state index < -0.39 is 29.2 Å². The second-order valence-electron chi connectivity index (χ2n) is 6.21. The molecular weight excluding hydrogens is 411 g/mol. The molecule has 0 aliphatic carbocycles. The average molecular weight is 428 g/mol. The molecule has 0 bridgehead atoms. The number of rotatable bonds is 3. The van der Waals surface area contributed by atoms with Crippen LogP contribution in [0, 0.1) is 0 Å². The van der Waals surface area contributed by atoms with Crippen LogP contribution in [0.25, 0.3) is 0 Å². The maximum absolute atomic E-state index is 13.2. The van der Waals surface area contributed by atoms with Crippen molar-refractivity contribution in [1.29, 1.82) is 0 Å². The molecule has 0 atom stereocenters. The number of alkyl halides is 3. The number of morpholine rings is 1. The van der Waals surface area contributed by atoms with Crippen LogP contribution in [-0.4, -0.2) is 38.1 Å². The molecule has 29 heavy (non-hydrogen) atoms. The Morgan fingerprint density at radius 3 is 2.24 bits per heavy atom. The van der Waals surface area contributed by atoms with Crippen LogP contribution >= 0.6 is 11.6 Å². The molecule has 1 fully saturated rings. The van der Waals surface area contributed by atoms with Gasteiger partial charge in [0, 0.05) is 18.1 Å². The van der Waals surface area contributed by atoms with E-state index in [0.29, 0.717) is 43.7 Å². The van der Waals surface area contributed by atoms with Crippen molar-refractivity contribution in [3.05, 3.63) is 53.1 Å². The molecule has 1 aliphatic heterocycles. The van der Waals surface area contributed by atoms with Gasteiger partial charge in [-0.15, -0.1) is 0 Å². The third-order valence-electron chi connectivity index (χ3n) is 4.25. The van der Waals surface area contributed by atoms with E-state index in [2.05, 4.69) is 5.32 Å². The zero-order chi connectivity index (χ0) is 21.0. The van der Waals surface area contributed by atoms with Crippen LogP contribution in [-0.2, 0) is 20.5 Å². The van der Waals surface area contributed by atoms with Crippen LogP contribution in [0.1, 0.15) is 5.56 Å². The topological polar surface area (TPSA) is 70.7 Å². The first-order chi connectivity index (χ1) is 13.8. The summed E-state index contributed by atoms with van der Waals surface area (Å²) in [5.41, 5.74) is -0.621. The second kappa shape index (κ2) is 8.71. The molecule has 2 aromatic rings. The number of nitrogens with one attached hydrogen (secondary N) is 2. The summed E-state index contributed by atoms with van der Waals surface area (Å²) in [7, 11) is 0. The zero-order valence-corrected chi connectivity index (χ0v) is 15.8. The lowest BCUT2D eigenvalue weighted by molar-refractivity contribution is -0.137. The van der Waals surface area contributed by atoms with E-state index in [-0.39, 0.29) is 5.02 Å². The van der Waals surface area contributed by atoms with Gasteiger partial charge in [-0.1, -0.05) is 23.7 Å². The fourth-order valence-corrected chi connectivity index (χ4v) is 3.05. The van der Waals surface area contributed by atoms with Gasteiger partial charge in [0.25, 0.3) is 0 Å². The molecule has 2 amide bonds. The first-order valence-electron chi connectivity index (χ1n) is 8.66. The molecule has 0 saturated carbocycles. The second-order valence-corrected chi connectivity index (χ2v) is 6.65. The Kier molecular flexibility index (Phi) is 6.29. The maximum Gasteiger partial charge on any atom is 0.418 e. The number of carbonyl (C=O) groups excluding carboxylic acids is 2. The molecule has 2 aromatic carbocycles. The third-order valence-corrected chi connectivity index (χ3v) is 4.48. The molecule has 1 saturated heterocycles. The third kappa shape index (κ3) is 5.18. The van der Waals surface area contributed by atoms with Crippen molar-refractivity contribution in [2.24, 2.45) is 0 Å². The minimum absolute atomic E-state index is 0.140. The van der Waals surface area contributed by atoms with Gasteiger partial charge in [-0.05, 0) is 30.3 Å². The molecule has 154 valence electrons. The lowest BCUT2D eigenvalue weighted by Gasteiger charge is -2.30. The summed E-state index contributed by atoms with van der Waals surface area (Å²) in [5.74, 6) is -2.32. The van der Waals surface area contributed by atoms with Crippen LogP contribution in [0.2, 0.25) is 5.02 Å². The highest BCUT2D eigenvalue weighted by molar-refractivity contribution is 6.44. The van der Waals surface area contributed by atoms with Crippen molar-refractivity contribution in [1.82, 2.24) is 0 Å². The van der Waals surface area contributed by atoms with Crippen molar-refractivity contribution >= 4 is 40.5 Å². The highest BCUT2D eigenvalue weighted by atomic mass is 35.5. The molecule has 1 aliphatic rings. The molecule has 10 heteroatoms. The fourth-order valence-electron chi connectivity index (χ4n) is 2.88. The van der Waals surface area contributed by atoms with Gasteiger partial charge >= 0.3 is 18.0 Å². The van der Waals surface area contributed by atoms with Gasteiger partial charge < -0.3 is 20.3 Å². The molecule has 1 heterocycles. The monoisotopic (exact) mass is 427 g/mol. The molecule has 0 unspecified atom stereocenters. The van der Waals surface area contributed by atoms with Crippen LogP contribution in [0.3, 0.4) is 0 Å². The van der Waals surface area contributed by atoms with E-state index in [1.165, 1.54) is 6.07 Å². The minimum atomic E-state index is -4.74. The van der Waals surface area contributed by atoms with Gasteiger partial charge in [-0.25, -0.2) is 0 Å². The van der Waals surface area contributed by atoms with Gasteiger partial charge in [-0.2, -0.15) is 13.2 Å². The number of carbonyl (C=O) groups is 2. The number of hydrogen-bond acceptors (Lipinski definition) is 4. The van der Waals surface area contributed by atoms with E-state index >= 15 is 0 Å². The molecule has 0 spiro atoms. The Morgan fingerprint density at radius 1 is 0.966 bits per heavy atom. The number of nitrogens with zero attached hydrogens (tertiary/aromatic N) is 1. The van der Waals surface area contributed by atoms with Gasteiger partial charge in [0.2, 0.25) is 0 Å². The van der Waals surface area contributed by atoms with Gasteiger partial charge in [-0.3, -0.25) is 9.59 Å². The van der Waals surface area contributed by atoms with Crippen molar-refractivity contribution < 1.29 is 27.5 Å². The zero-order valence-electron chi connectivity index (χ0n) is 15.1. The molecule has 6 nitrogen and oxygen atoms in total. The van der Waals surface area contributed by atoms with E-state index in [1.807, 2.05) is 10.2 Å². The van der Waals surface area contributed by atoms with E-state index in [1.54, 1.807) is 24.3 Å². The number of benzene rings is 2. The van der Waals surface area contributed by atoms with E-state index in [9.17, 15) is 22.8 Å². The summed E-state index contributed by atoms with van der Waals surface area (Å²) in [6.07, 6.45) is -4.74. The highest BCUT2D eigenvalue weighted by Gasteiger charge is 2.34. The summed E-state index contributed by atoms with van der Waals surface area (Å²) in [5, 5.41) is 4.32. The number of amides is 2. The van der Waals surface area contributed by atoms with Crippen molar-refractivity contribution in [3.8, 4) is 0 Å². The molecule has 2 N–H and O–H groups in total. The Labute approximate surface area is 169 Å². The van der Waals surface area contributed by atoms with E-state index in [4.69, 9.17) is 16.3 Å². The van der Waals surface area contributed by atoms with Crippen LogP contribution < -0.4 is 15.5 Å². The quantitative estimate of drug-likeness (QED) is 0.731. The lowest BCUT2D eigenvalue weighted by atomic mass is 10.1. The highest BCUT2D eigenvalue weighted by Crippen LogP contribution is 2.36. The summed E-state index contributed by atoms with van der Waals surface area (Å²) in [6, 6.07) is 9.72. The van der Waals surface area contributed by atoms with Crippen LogP contribution in [0.5, 0.6) is 0 Å². The molecular formula is C19H17ClF3N3O3. The average Bonchev–Trinajstić information content (AvgIpc) is 2.69. The predicted octanol–water partition coefficient (Wildman–Crippen LogP) is 3.77. The van der Waals surface area contributed by atoms with Gasteiger partial charge in [0.15, 0.2) is 0 Å². The maximum atomic E-state index is 13.2. The molecule has 0 aromatic heterocycles. The molecule has 3 rings (SSSR count). The fraction of sp³-hybridized carbons (Fsp3) is 0.263. The number of halogens is 4. The number of hydrogen-bond donors (Lipinski definition) is 2. The van der Waals surface area contributed by atoms with Gasteiger partial charge in [0.1, 0.15) is 0 Å². The summed E-state index contributed by atoms with van der Waals surface area (Å²) < 4.78 is 44.8. The molecule has 0 radical (unpaired) electrons. The number of para-hydroxylation sites is 2. The lowest BCUT2D eigenvalue weighted by Crippen LogP contribution is -2.37. The van der Waals surface area contributed by atoms with Gasteiger partial charge in [0.05, 0.1) is 35.8 Å².